The number of nitrogens with zero attached hydrogens (tertiary/aromatic N) is 3. The summed E-state index contributed by atoms with van der Waals surface area (Å²) in [6.45, 7) is 34.2. The van der Waals surface area contributed by atoms with E-state index in [2.05, 4.69) is 262 Å². The molecule has 0 unspecified atom stereocenters. The van der Waals surface area contributed by atoms with Crippen LogP contribution in [0.1, 0.15) is 179 Å². The van der Waals surface area contributed by atoms with Crippen LogP contribution < -0.4 is 13.7 Å². The van der Waals surface area contributed by atoms with Crippen molar-refractivity contribution in [3.63, 3.8) is 0 Å². The molecule has 0 aliphatic heterocycles. The average Bonchev–Trinajstić information content (AvgIpc) is 0.706. The van der Waals surface area contributed by atoms with E-state index in [9.17, 15) is 0 Å². The summed E-state index contributed by atoms with van der Waals surface area (Å²) in [5.74, 6) is 0. The predicted octanol–water partition coefficient (Wildman–Crippen LogP) is 22.5. The third-order valence-electron chi connectivity index (χ3n) is 24.6. The Balaban J connectivity index is 0.000000140. The summed E-state index contributed by atoms with van der Waals surface area (Å²) in [6, 6.07) is 59.7. The standard InChI is InChI=1S/3C31H34N/c1-19-13-16-25-28(27(19)26-17-20(2)21(3)18-32(26)8)24-15-14-22-11-9-10-12-23(22)29(24)31(6,7)30(25,4)5;1-19-16-28(32(8)18-21(19)3)25-17-27-26(15-20(25)2)24-14-13-22-11-9-10-12-23(22)29(24)31(6,7)30(27,4)5;1-19-13-14-25-29(28(19)27-15-20(2)21(3)18-32(27)8)24-16-22-11-9-10-12-23(22)17-26(24)31(6,7)30(25,4)5/h3*9-18H,1-8H3/q3*+1/i3*3D3. The second-order valence-corrected chi connectivity index (χ2v) is 31.6. The molecule has 3 heteroatoms. The molecule has 0 saturated heterocycles. The molecular formula is C93H102N3+3. The van der Waals surface area contributed by atoms with Gasteiger partial charge in [-0.3, -0.25) is 0 Å². The number of fused-ring (bicyclic) bond motifs is 14. The molecule has 15 rings (SSSR count). The monoisotopic (exact) mass is 1270 g/mol. The minimum absolute atomic E-state index is 0.0743. The number of hydrogen-bond acceptors (Lipinski definition) is 0. The Morgan fingerprint density at radius 1 is 0.260 bits per heavy atom. The van der Waals surface area contributed by atoms with Crippen molar-refractivity contribution in [3.05, 3.63) is 266 Å². The predicted molar refractivity (Wildman–Crippen MR) is 409 cm³/mol. The van der Waals surface area contributed by atoms with Gasteiger partial charge in [-0.25, -0.2) is 13.7 Å². The van der Waals surface area contributed by atoms with Gasteiger partial charge in [-0.1, -0.05) is 210 Å². The third-order valence-corrected chi connectivity index (χ3v) is 24.6. The Hall–Kier alpha value is -8.79. The minimum Gasteiger partial charge on any atom is -0.201 e. The zero-order valence-electron chi connectivity index (χ0n) is 69.7. The van der Waals surface area contributed by atoms with Crippen LogP contribution >= 0.6 is 0 Å². The van der Waals surface area contributed by atoms with Crippen molar-refractivity contribution in [1.82, 2.24) is 0 Å². The molecule has 0 N–H and O–H groups in total. The normalized spacial score (nSPS) is 17.8. The first-order chi connectivity index (χ1) is 48.8. The fraction of sp³-hybridized carbons (Fsp3) is 0.323. The first-order valence-electron chi connectivity index (χ1n) is 38.8. The molecule has 3 aliphatic rings. The Bertz CT molecular complexity index is 5470. The summed E-state index contributed by atoms with van der Waals surface area (Å²) in [5.41, 5.74) is 29.1. The fourth-order valence-electron chi connectivity index (χ4n) is 16.7. The lowest BCUT2D eigenvalue weighted by molar-refractivity contribution is -0.660. The molecule has 0 saturated carbocycles. The van der Waals surface area contributed by atoms with Crippen molar-refractivity contribution in [2.75, 3.05) is 0 Å². The number of rotatable bonds is 3. The van der Waals surface area contributed by atoms with Crippen molar-refractivity contribution in [3.8, 4) is 67.2 Å². The van der Waals surface area contributed by atoms with Crippen LogP contribution in [0.4, 0.5) is 0 Å². The van der Waals surface area contributed by atoms with Crippen LogP contribution in [-0.2, 0) is 53.6 Å². The molecule has 0 fully saturated rings. The molecule has 12 aromatic rings. The van der Waals surface area contributed by atoms with Gasteiger partial charge in [-0.15, -0.1) is 0 Å². The number of pyridine rings is 3. The van der Waals surface area contributed by atoms with Gasteiger partial charge < -0.3 is 0 Å². The van der Waals surface area contributed by atoms with Crippen LogP contribution in [0.25, 0.3) is 99.5 Å². The van der Waals surface area contributed by atoms with Crippen LogP contribution in [-0.4, -0.2) is 0 Å². The zero-order chi connectivity index (χ0) is 76.5. The number of aryl methyl sites for hydroxylation is 12. The lowest BCUT2D eigenvalue weighted by Crippen LogP contribution is -2.44. The van der Waals surface area contributed by atoms with E-state index in [1.54, 1.807) is 18.6 Å². The van der Waals surface area contributed by atoms with Crippen LogP contribution in [0.3, 0.4) is 0 Å². The van der Waals surface area contributed by atoms with Gasteiger partial charge in [0.25, 0.3) is 0 Å². The minimum atomic E-state index is -2.14. The quantitative estimate of drug-likeness (QED) is 0.156. The SMILES string of the molecule is [2H]C([2H])([2H])c1c[n+](C)c(-c2c(C)ccc3c2-c2cc4ccccc4cc2C(C)(C)C3(C)C)cc1C.[2H]C([2H])([2H])c1c[n+](C)c(-c2c(C)ccc3c2-c2ccc4ccccc4c2C(C)(C)C3(C)C)cc1C.[2H]C([2H])([2H])c1c[n+](C)c(-c2cc3c(cc2C)-c2ccc4ccccc4c2C(C)(C)C3(C)C)cc1C. The van der Waals surface area contributed by atoms with Gasteiger partial charge in [-0.05, 0) is 234 Å². The highest BCUT2D eigenvalue weighted by Crippen LogP contribution is 2.61. The maximum atomic E-state index is 7.97. The van der Waals surface area contributed by atoms with Crippen molar-refractivity contribution < 1.29 is 26.0 Å². The van der Waals surface area contributed by atoms with E-state index in [4.69, 9.17) is 12.3 Å². The number of hydrogen-bond donors (Lipinski definition) is 0. The fourth-order valence-corrected chi connectivity index (χ4v) is 16.7. The van der Waals surface area contributed by atoms with E-state index in [0.29, 0.717) is 16.7 Å². The van der Waals surface area contributed by atoms with Crippen molar-refractivity contribution >= 4 is 32.3 Å². The van der Waals surface area contributed by atoms with E-state index in [-0.39, 0.29) is 32.5 Å². The summed E-state index contributed by atoms with van der Waals surface area (Å²) in [6.07, 6.45) is 5.35. The van der Waals surface area contributed by atoms with Gasteiger partial charge in [0.05, 0.1) is 11.1 Å². The van der Waals surface area contributed by atoms with Crippen molar-refractivity contribution in [1.29, 1.82) is 0 Å². The van der Waals surface area contributed by atoms with Crippen LogP contribution in [0.15, 0.2) is 182 Å². The van der Waals surface area contributed by atoms with Crippen molar-refractivity contribution in [2.45, 2.75) is 178 Å². The van der Waals surface area contributed by atoms with Gasteiger partial charge in [0.1, 0.15) is 21.1 Å². The smallest absolute Gasteiger partial charge is 0.201 e. The molecule has 486 valence electrons. The third kappa shape index (κ3) is 9.89. The lowest BCUT2D eigenvalue weighted by Gasteiger charge is -2.49. The van der Waals surface area contributed by atoms with E-state index in [1.165, 1.54) is 127 Å². The van der Waals surface area contributed by atoms with E-state index in [0.717, 1.165) is 39.3 Å². The Labute approximate surface area is 587 Å². The molecule has 0 bridgehead atoms. The van der Waals surface area contributed by atoms with E-state index in [1.807, 2.05) is 61.7 Å². The molecule has 0 atom stereocenters. The first-order valence-corrected chi connectivity index (χ1v) is 34.3. The summed E-state index contributed by atoms with van der Waals surface area (Å²) < 4.78 is 77.4. The molecule has 9 aromatic carbocycles. The molecule has 0 radical (unpaired) electrons. The molecule has 0 spiro atoms. The molecule has 3 aliphatic carbocycles. The van der Waals surface area contributed by atoms with Crippen molar-refractivity contribution in [2.24, 2.45) is 21.1 Å². The first kappa shape index (κ1) is 55.4. The zero-order valence-corrected chi connectivity index (χ0v) is 60.7. The van der Waals surface area contributed by atoms with E-state index < -0.39 is 20.6 Å². The van der Waals surface area contributed by atoms with Crippen LogP contribution in [0, 0.1) is 62.1 Å². The maximum Gasteiger partial charge on any atom is 0.213 e. The molecule has 3 heterocycles. The van der Waals surface area contributed by atoms with Gasteiger partial charge in [-0.2, -0.15) is 0 Å². The second kappa shape index (κ2) is 22.9. The van der Waals surface area contributed by atoms with E-state index >= 15 is 0 Å². The van der Waals surface area contributed by atoms with Gasteiger partial charge in [0.15, 0.2) is 18.6 Å². The van der Waals surface area contributed by atoms with Crippen LogP contribution in [0.5, 0.6) is 0 Å². The molecule has 0 amide bonds. The summed E-state index contributed by atoms with van der Waals surface area (Å²) >= 11 is 0. The maximum absolute atomic E-state index is 7.97. The summed E-state index contributed by atoms with van der Waals surface area (Å²) in [4.78, 5) is 0. The summed E-state index contributed by atoms with van der Waals surface area (Å²) in [5, 5.41) is 7.67. The van der Waals surface area contributed by atoms with Gasteiger partial charge >= 0.3 is 0 Å². The van der Waals surface area contributed by atoms with Crippen LogP contribution in [0.2, 0.25) is 0 Å². The summed E-state index contributed by atoms with van der Waals surface area (Å²) in [7, 11) is 5.86. The highest BCUT2D eigenvalue weighted by atomic mass is 14.9. The lowest BCUT2D eigenvalue weighted by atomic mass is 9.54. The molecule has 3 aromatic heterocycles. The highest BCUT2D eigenvalue weighted by Gasteiger charge is 2.51. The molecular weight excluding hydrogens is 1160 g/mol. The van der Waals surface area contributed by atoms with Gasteiger partial charge in [0, 0.05) is 63.6 Å². The largest absolute Gasteiger partial charge is 0.213 e. The second-order valence-electron chi connectivity index (χ2n) is 31.6. The Morgan fingerprint density at radius 3 is 1.12 bits per heavy atom. The van der Waals surface area contributed by atoms with Gasteiger partial charge in [0.2, 0.25) is 17.1 Å². The molecule has 96 heavy (non-hydrogen) atoms. The average molecular weight is 1270 g/mol. The Kier molecular flexibility index (Phi) is 13.2. The highest BCUT2D eigenvalue weighted by molar-refractivity contribution is 6.01. The number of benzene rings is 9. The number of aromatic nitrogens is 3. The Morgan fingerprint density at radius 2 is 0.635 bits per heavy atom. The topological polar surface area (TPSA) is 11.6 Å². The molecule has 3 nitrogen and oxygen atoms in total.